The molecule has 0 aliphatic heterocycles. The van der Waals surface area contributed by atoms with Gasteiger partial charge in [0.2, 0.25) is 0 Å². The van der Waals surface area contributed by atoms with E-state index in [1.807, 2.05) is 31.3 Å². The minimum absolute atomic E-state index is 0.0740. The van der Waals surface area contributed by atoms with Gasteiger partial charge in [0.1, 0.15) is 5.82 Å². The van der Waals surface area contributed by atoms with Gasteiger partial charge in [-0.15, -0.1) is 0 Å². The molecule has 0 N–H and O–H groups in total. The average molecular weight is 438 g/mol. The minimum Gasteiger partial charge on any atom is -0.347 e. The van der Waals surface area contributed by atoms with E-state index in [4.69, 9.17) is 10.1 Å². The maximum atomic E-state index is 12.7. The van der Waals surface area contributed by atoms with Crippen molar-refractivity contribution in [3.8, 4) is 6.07 Å². The number of nitrogens with zero attached hydrogens (tertiary/aromatic N) is 5. The van der Waals surface area contributed by atoms with E-state index in [-0.39, 0.29) is 5.92 Å². The van der Waals surface area contributed by atoms with Crippen LogP contribution in [-0.4, -0.2) is 25.8 Å². The summed E-state index contributed by atoms with van der Waals surface area (Å²) < 4.78 is 4.32. The fraction of sp³-hybridized carbons (Fsp3) is 0.231. The molecule has 2 aromatic carbocycles. The van der Waals surface area contributed by atoms with Crippen molar-refractivity contribution < 1.29 is 9.63 Å². The van der Waals surface area contributed by atoms with Crippen LogP contribution in [0.3, 0.4) is 0 Å². The normalized spacial score (nSPS) is 16.5. The summed E-state index contributed by atoms with van der Waals surface area (Å²) in [7, 11) is 2.07. The number of aromatic nitrogens is 3. The first-order chi connectivity index (χ1) is 16.1. The second-order valence-corrected chi connectivity index (χ2v) is 8.30. The molecule has 1 aliphatic rings. The molecule has 7 nitrogen and oxygen atoms in total. The summed E-state index contributed by atoms with van der Waals surface area (Å²) in [4.78, 5) is 22.5. The average Bonchev–Trinajstić information content (AvgIpc) is 3.38. The Bertz CT molecular complexity index is 1420. The maximum absolute atomic E-state index is 12.7. The number of benzene rings is 2. The van der Waals surface area contributed by atoms with Crippen molar-refractivity contribution in [3.63, 3.8) is 0 Å². The highest BCUT2D eigenvalue weighted by atomic mass is 16.7. The molecular formula is C26H23N5O2. The van der Waals surface area contributed by atoms with Gasteiger partial charge < -0.3 is 14.0 Å². The molecule has 33 heavy (non-hydrogen) atoms. The third kappa shape index (κ3) is 3.70. The molecule has 1 aliphatic carbocycles. The predicted octanol–water partition coefficient (Wildman–Crippen LogP) is 4.38. The molecule has 1 unspecified atom stereocenters. The van der Waals surface area contributed by atoms with E-state index >= 15 is 0 Å². The van der Waals surface area contributed by atoms with E-state index in [0.29, 0.717) is 17.7 Å². The van der Waals surface area contributed by atoms with Crippen LogP contribution >= 0.6 is 0 Å². The Labute approximate surface area is 191 Å². The van der Waals surface area contributed by atoms with Gasteiger partial charge in [-0.3, -0.25) is 0 Å². The minimum atomic E-state index is -0.545. The highest BCUT2D eigenvalue weighted by molar-refractivity contribution is 6.14. The zero-order chi connectivity index (χ0) is 22.9. The van der Waals surface area contributed by atoms with Crippen molar-refractivity contribution in [2.75, 3.05) is 0 Å². The number of rotatable bonds is 4. The van der Waals surface area contributed by atoms with E-state index in [1.54, 1.807) is 30.5 Å². The first-order valence-electron chi connectivity index (χ1n) is 10.9. The largest absolute Gasteiger partial charge is 0.365 e. The molecule has 0 fully saturated rings. The predicted molar refractivity (Wildman–Crippen MR) is 125 cm³/mol. The number of aryl methyl sites for hydroxylation is 2. The third-order valence-corrected chi connectivity index (χ3v) is 6.42. The molecule has 0 radical (unpaired) electrons. The second kappa shape index (κ2) is 8.40. The van der Waals surface area contributed by atoms with Crippen molar-refractivity contribution in [1.82, 2.24) is 14.1 Å². The summed E-state index contributed by atoms with van der Waals surface area (Å²) in [5, 5.41) is 14.5. The van der Waals surface area contributed by atoms with Crippen molar-refractivity contribution >= 4 is 22.6 Å². The Morgan fingerprint density at radius 2 is 2.03 bits per heavy atom. The third-order valence-electron chi connectivity index (χ3n) is 6.42. The smallest absolute Gasteiger partial charge is 0.347 e. The monoisotopic (exact) mass is 437 g/mol. The summed E-state index contributed by atoms with van der Waals surface area (Å²) in [6, 6.07) is 16.6. The van der Waals surface area contributed by atoms with Gasteiger partial charge in [0.25, 0.3) is 0 Å². The molecule has 2 aromatic heterocycles. The summed E-state index contributed by atoms with van der Waals surface area (Å²) in [5.74, 6) is 0.467. The molecule has 0 saturated carbocycles. The van der Waals surface area contributed by atoms with Crippen LogP contribution in [0.25, 0.3) is 10.9 Å². The highest BCUT2D eigenvalue weighted by Crippen LogP contribution is 2.35. The zero-order valence-electron chi connectivity index (χ0n) is 18.5. The van der Waals surface area contributed by atoms with Crippen molar-refractivity contribution in [3.05, 3.63) is 89.1 Å². The zero-order valence-corrected chi connectivity index (χ0v) is 18.5. The lowest BCUT2D eigenvalue weighted by Crippen LogP contribution is -2.28. The van der Waals surface area contributed by atoms with Gasteiger partial charge >= 0.3 is 5.97 Å². The molecule has 0 amide bonds. The van der Waals surface area contributed by atoms with Crippen molar-refractivity contribution in [2.24, 2.45) is 18.1 Å². The van der Waals surface area contributed by atoms with Crippen LogP contribution in [0.1, 0.15) is 39.4 Å². The highest BCUT2D eigenvalue weighted by Gasteiger charge is 2.32. The van der Waals surface area contributed by atoms with Crippen LogP contribution < -0.4 is 0 Å². The van der Waals surface area contributed by atoms with Crippen LogP contribution in [-0.2, 0) is 24.9 Å². The van der Waals surface area contributed by atoms with E-state index in [9.17, 15) is 4.79 Å². The van der Waals surface area contributed by atoms with Crippen LogP contribution in [0.15, 0.2) is 66.1 Å². The van der Waals surface area contributed by atoms with E-state index in [0.717, 1.165) is 40.8 Å². The molecule has 1 atom stereocenters. The standard InChI is InChI=1S/C26H23N5O2/c1-17-28-13-14-31(17)16-20-11-12-23-24(21-5-3-4-6-22(21)30(23)2)25(20)29-33-26(32)19-9-7-18(15-27)8-10-19/h3-10,13-14,20H,11-12,16H2,1-2H3. The Morgan fingerprint density at radius 1 is 1.24 bits per heavy atom. The van der Waals surface area contributed by atoms with Crippen molar-refractivity contribution in [2.45, 2.75) is 26.3 Å². The van der Waals surface area contributed by atoms with Gasteiger partial charge in [-0.25, -0.2) is 9.78 Å². The van der Waals surface area contributed by atoms with Crippen LogP contribution in [0, 0.1) is 24.2 Å². The molecule has 0 spiro atoms. The lowest BCUT2D eigenvalue weighted by molar-refractivity contribution is 0.0513. The van der Waals surface area contributed by atoms with Gasteiger partial charge in [-0.05, 0) is 50.1 Å². The van der Waals surface area contributed by atoms with Gasteiger partial charge in [0, 0.05) is 54.1 Å². The number of oxime groups is 1. The molecule has 7 heteroatoms. The van der Waals surface area contributed by atoms with Crippen LogP contribution in [0.5, 0.6) is 0 Å². The number of para-hydroxylation sites is 1. The Hall–Kier alpha value is -4.18. The number of fused-ring (bicyclic) bond motifs is 3. The first kappa shape index (κ1) is 20.7. The fourth-order valence-electron chi connectivity index (χ4n) is 4.63. The number of imidazole rings is 1. The summed E-state index contributed by atoms with van der Waals surface area (Å²) >= 11 is 0. The molecule has 164 valence electrons. The topological polar surface area (TPSA) is 85.2 Å². The molecule has 0 saturated heterocycles. The first-order valence-corrected chi connectivity index (χ1v) is 10.9. The second-order valence-electron chi connectivity index (χ2n) is 8.30. The van der Waals surface area contributed by atoms with E-state index < -0.39 is 5.97 Å². The molecule has 2 heterocycles. The Kier molecular flexibility index (Phi) is 5.27. The van der Waals surface area contributed by atoms with Crippen LogP contribution in [0.2, 0.25) is 0 Å². The Balaban J connectivity index is 1.55. The fourth-order valence-corrected chi connectivity index (χ4v) is 4.63. The quantitative estimate of drug-likeness (QED) is 0.350. The van der Waals surface area contributed by atoms with Gasteiger partial charge in [-0.2, -0.15) is 5.26 Å². The van der Waals surface area contributed by atoms with Gasteiger partial charge in [0.15, 0.2) is 0 Å². The summed E-state index contributed by atoms with van der Waals surface area (Å²) in [6.07, 6.45) is 5.57. The molecule has 4 aromatic rings. The van der Waals surface area contributed by atoms with Crippen molar-refractivity contribution in [1.29, 1.82) is 5.26 Å². The van der Waals surface area contributed by atoms with E-state index in [1.165, 1.54) is 5.69 Å². The van der Waals surface area contributed by atoms with E-state index in [2.05, 4.69) is 38.5 Å². The summed E-state index contributed by atoms with van der Waals surface area (Å²) in [6.45, 7) is 2.69. The maximum Gasteiger partial charge on any atom is 0.365 e. The summed E-state index contributed by atoms with van der Waals surface area (Å²) in [5.41, 5.74) is 5.00. The van der Waals surface area contributed by atoms with Crippen LogP contribution in [0.4, 0.5) is 0 Å². The number of nitriles is 1. The number of carbonyl (C=O) groups excluding carboxylic acids is 1. The Morgan fingerprint density at radius 3 is 2.76 bits per heavy atom. The molecule has 5 rings (SSSR count). The number of hydrogen-bond donors (Lipinski definition) is 0. The van der Waals surface area contributed by atoms with Gasteiger partial charge in [0.05, 0.1) is 22.9 Å². The number of hydrogen-bond acceptors (Lipinski definition) is 5. The lowest BCUT2D eigenvalue weighted by Gasteiger charge is -2.25. The van der Waals surface area contributed by atoms with Gasteiger partial charge in [-0.1, -0.05) is 23.4 Å². The SMILES string of the molecule is Cc1nccn1CC1CCc2c(c3ccccc3n2C)C1=NOC(=O)c1ccc(C#N)cc1. The molecular weight excluding hydrogens is 414 g/mol. The molecule has 0 bridgehead atoms. The lowest BCUT2D eigenvalue weighted by atomic mass is 9.84. The number of carbonyl (C=O) groups is 1.